The average molecular weight is 246 g/mol. The number of hydrogen-bond donors (Lipinski definition) is 0. The number of ether oxygens (including phenoxy) is 2. The highest BCUT2D eigenvalue weighted by Gasteiger charge is 2.16. The molecule has 0 bridgehead atoms. The average Bonchev–Trinajstić information content (AvgIpc) is 2.43. The Balaban J connectivity index is 3.35. The first-order chi connectivity index (χ1) is 8.63. The van der Waals surface area contributed by atoms with Gasteiger partial charge in [0.25, 0.3) is 0 Å². The van der Waals surface area contributed by atoms with Crippen LogP contribution in [0.3, 0.4) is 0 Å². The van der Waals surface area contributed by atoms with Crippen LogP contribution in [-0.2, 0) is 19.1 Å². The minimum atomic E-state index is -0.616. The van der Waals surface area contributed by atoms with E-state index in [2.05, 4.69) is 16.1 Å². The van der Waals surface area contributed by atoms with Crippen LogP contribution in [0.2, 0.25) is 0 Å². The van der Waals surface area contributed by atoms with Crippen molar-refractivity contribution >= 4 is 23.6 Å². The zero-order valence-corrected chi connectivity index (χ0v) is 10.3. The van der Waals surface area contributed by atoms with Crippen LogP contribution in [0.1, 0.15) is 11.1 Å². The summed E-state index contributed by atoms with van der Waals surface area (Å²) in [6, 6.07) is 7.07. The largest absolute Gasteiger partial charge is 0.466 e. The zero-order chi connectivity index (χ0) is 13.5. The van der Waals surface area contributed by atoms with Gasteiger partial charge in [-0.25, -0.2) is 9.59 Å². The van der Waals surface area contributed by atoms with E-state index in [-0.39, 0.29) is 5.57 Å². The quantitative estimate of drug-likeness (QED) is 0.602. The Hall–Kier alpha value is -2.36. The van der Waals surface area contributed by atoms with Crippen LogP contribution in [0.4, 0.5) is 0 Å². The number of esters is 2. The van der Waals surface area contributed by atoms with E-state index in [1.807, 2.05) is 6.07 Å². The maximum atomic E-state index is 11.7. The first-order valence-corrected chi connectivity index (χ1v) is 5.23. The van der Waals surface area contributed by atoms with Gasteiger partial charge in [-0.2, -0.15) is 0 Å². The smallest absolute Gasteiger partial charge is 0.338 e. The van der Waals surface area contributed by atoms with Gasteiger partial charge in [0.05, 0.1) is 19.8 Å². The molecule has 0 aliphatic heterocycles. The molecule has 1 rings (SSSR count). The third-order valence-corrected chi connectivity index (χ3v) is 2.34. The monoisotopic (exact) mass is 246 g/mol. The molecule has 0 aliphatic rings. The van der Waals surface area contributed by atoms with E-state index in [0.717, 1.165) is 11.6 Å². The van der Waals surface area contributed by atoms with E-state index in [9.17, 15) is 9.59 Å². The van der Waals surface area contributed by atoms with Gasteiger partial charge in [0.1, 0.15) is 0 Å². The molecule has 0 heterocycles. The van der Waals surface area contributed by atoms with E-state index in [4.69, 9.17) is 0 Å². The first kappa shape index (κ1) is 13.7. The van der Waals surface area contributed by atoms with Crippen LogP contribution in [0, 0.1) is 0 Å². The minimum Gasteiger partial charge on any atom is -0.466 e. The highest BCUT2D eigenvalue weighted by Crippen LogP contribution is 2.21. The van der Waals surface area contributed by atoms with Crippen molar-refractivity contribution in [3.8, 4) is 0 Å². The lowest BCUT2D eigenvalue weighted by Gasteiger charge is -2.08. The van der Waals surface area contributed by atoms with E-state index in [1.54, 1.807) is 24.3 Å². The molecule has 1 aromatic carbocycles. The summed E-state index contributed by atoms with van der Waals surface area (Å²) < 4.78 is 9.18. The topological polar surface area (TPSA) is 52.6 Å². The van der Waals surface area contributed by atoms with Gasteiger partial charge in [-0.05, 0) is 11.1 Å². The van der Waals surface area contributed by atoms with Crippen molar-refractivity contribution in [2.45, 2.75) is 0 Å². The fraction of sp³-hybridized carbons (Fsp3) is 0.143. The maximum absolute atomic E-state index is 11.7. The molecule has 1 aromatic rings. The standard InChI is InChI=1S/C14H14O4/c1-4-10-7-5-6-8-11(10)12(14(16)18-3)9-13(15)17-2/h4-9H,1H2,2-3H3/b12-9-. The Bertz CT molecular complexity index is 500. The van der Waals surface area contributed by atoms with Crippen LogP contribution >= 0.6 is 0 Å². The second-order valence-electron chi connectivity index (χ2n) is 3.36. The Kier molecular flexibility index (Phi) is 4.87. The number of rotatable bonds is 4. The molecule has 0 aromatic heterocycles. The Morgan fingerprint density at radius 2 is 1.83 bits per heavy atom. The van der Waals surface area contributed by atoms with Gasteiger partial charge in [-0.3, -0.25) is 0 Å². The summed E-state index contributed by atoms with van der Waals surface area (Å²) >= 11 is 0. The fourth-order valence-electron chi connectivity index (χ4n) is 1.45. The number of carbonyl (C=O) groups is 2. The van der Waals surface area contributed by atoms with Gasteiger partial charge in [0, 0.05) is 6.08 Å². The van der Waals surface area contributed by atoms with Crippen LogP contribution < -0.4 is 0 Å². The van der Waals surface area contributed by atoms with Crippen molar-refractivity contribution in [2.24, 2.45) is 0 Å². The van der Waals surface area contributed by atoms with Gasteiger partial charge in [-0.15, -0.1) is 0 Å². The molecule has 0 N–H and O–H groups in total. The van der Waals surface area contributed by atoms with Gasteiger partial charge >= 0.3 is 11.9 Å². The second-order valence-corrected chi connectivity index (χ2v) is 3.36. The van der Waals surface area contributed by atoms with Gasteiger partial charge in [-0.1, -0.05) is 36.9 Å². The SMILES string of the molecule is C=Cc1ccccc1/C(=C/C(=O)OC)C(=O)OC. The number of methoxy groups -OCH3 is 2. The summed E-state index contributed by atoms with van der Waals surface area (Å²) in [6.45, 7) is 3.66. The van der Waals surface area contributed by atoms with Crippen LogP contribution in [0.5, 0.6) is 0 Å². The molecule has 0 spiro atoms. The summed E-state index contributed by atoms with van der Waals surface area (Å²) in [6.07, 6.45) is 2.71. The molecular formula is C14H14O4. The zero-order valence-electron chi connectivity index (χ0n) is 10.3. The lowest BCUT2D eigenvalue weighted by Crippen LogP contribution is -2.08. The number of hydrogen-bond acceptors (Lipinski definition) is 4. The Morgan fingerprint density at radius 1 is 1.17 bits per heavy atom. The highest BCUT2D eigenvalue weighted by atomic mass is 16.5. The molecule has 18 heavy (non-hydrogen) atoms. The van der Waals surface area contributed by atoms with Crippen molar-refractivity contribution in [3.63, 3.8) is 0 Å². The van der Waals surface area contributed by atoms with Gasteiger partial charge < -0.3 is 9.47 Å². The van der Waals surface area contributed by atoms with Crippen molar-refractivity contribution in [1.82, 2.24) is 0 Å². The van der Waals surface area contributed by atoms with E-state index in [1.165, 1.54) is 14.2 Å². The summed E-state index contributed by atoms with van der Waals surface area (Å²) in [4.78, 5) is 23.0. The summed E-state index contributed by atoms with van der Waals surface area (Å²) in [5.74, 6) is -1.22. The fourth-order valence-corrected chi connectivity index (χ4v) is 1.45. The Labute approximate surface area is 106 Å². The Morgan fingerprint density at radius 3 is 2.39 bits per heavy atom. The van der Waals surface area contributed by atoms with E-state index >= 15 is 0 Å². The molecule has 0 fully saturated rings. The predicted molar refractivity (Wildman–Crippen MR) is 68.5 cm³/mol. The molecule has 0 saturated heterocycles. The molecule has 0 aliphatic carbocycles. The van der Waals surface area contributed by atoms with Crippen LogP contribution in [0.15, 0.2) is 36.9 Å². The molecule has 0 radical (unpaired) electrons. The van der Waals surface area contributed by atoms with Crippen molar-refractivity contribution in [3.05, 3.63) is 48.0 Å². The molecule has 4 nitrogen and oxygen atoms in total. The molecule has 4 heteroatoms. The molecule has 94 valence electrons. The molecule has 0 amide bonds. The summed E-state index contributed by atoms with van der Waals surface area (Å²) in [5.41, 5.74) is 1.45. The first-order valence-electron chi connectivity index (χ1n) is 5.23. The van der Waals surface area contributed by atoms with E-state index < -0.39 is 11.9 Å². The molecule has 0 atom stereocenters. The predicted octanol–water partition coefficient (Wildman–Crippen LogP) is 2.06. The highest BCUT2D eigenvalue weighted by molar-refractivity contribution is 6.21. The van der Waals surface area contributed by atoms with Gasteiger partial charge in [0.2, 0.25) is 0 Å². The van der Waals surface area contributed by atoms with Gasteiger partial charge in [0.15, 0.2) is 0 Å². The normalized spacial score (nSPS) is 10.7. The van der Waals surface area contributed by atoms with Crippen LogP contribution in [-0.4, -0.2) is 26.2 Å². The second kappa shape index (κ2) is 6.39. The maximum Gasteiger partial charge on any atom is 0.338 e. The summed E-state index contributed by atoms with van der Waals surface area (Å²) in [5, 5.41) is 0. The van der Waals surface area contributed by atoms with Crippen molar-refractivity contribution in [2.75, 3.05) is 14.2 Å². The van der Waals surface area contributed by atoms with Crippen LogP contribution in [0.25, 0.3) is 11.6 Å². The minimum absolute atomic E-state index is 0.139. The number of carbonyl (C=O) groups excluding carboxylic acids is 2. The van der Waals surface area contributed by atoms with Crippen molar-refractivity contribution < 1.29 is 19.1 Å². The molecular weight excluding hydrogens is 232 g/mol. The lowest BCUT2D eigenvalue weighted by atomic mass is 9.99. The third kappa shape index (κ3) is 3.07. The molecule has 0 saturated carbocycles. The van der Waals surface area contributed by atoms with Crippen molar-refractivity contribution in [1.29, 1.82) is 0 Å². The number of benzene rings is 1. The lowest BCUT2D eigenvalue weighted by molar-refractivity contribution is -0.136. The molecule has 0 unspecified atom stereocenters. The summed E-state index contributed by atoms with van der Waals surface area (Å²) in [7, 11) is 2.50. The van der Waals surface area contributed by atoms with E-state index in [0.29, 0.717) is 5.56 Å². The third-order valence-electron chi connectivity index (χ3n) is 2.34.